The first-order valence-corrected chi connectivity index (χ1v) is 4.83. The third kappa shape index (κ3) is 14.4. The van der Waals surface area contributed by atoms with Crippen LogP contribution in [-0.2, 0) is 0 Å². The third-order valence-corrected chi connectivity index (χ3v) is 1.54. The van der Waals surface area contributed by atoms with Gasteiger partial charge in [0.05, 0.1) is 25.4 Å². The van der Waals surface area contributed by atoms with Crippen molar-refractivity contribution in [2.45, 2.75) is 46.3 Å². The van der Waals surface area contributed by atoms with Gasteiger partial charge in [-0.2, -0.15) is 0 Å². The summed E-state index contributed by atoms with van der Waals surface area (Å²) in [7, 11) is 0. The minimum Gasteiger partial charge on any atom is -0.396 e. The predicted octanol–water partition coefficient (Wildman–Crippen LogP) is 0.135. The van der Waals surface area contributed by atoms with E-state index in [9.17, 15) is 0 Å². The molecular formula is C10H24O4. The molecule has 0 saturated heterocycles. The average Bonchev–Trinajstić information content (AvgIpc) is 2.03. The molecule has 0 aliphatic rings. The number of aliphatic hydroxyl groups excluding tert-OH is 4. The van der Waals surface area contributed by atoms with Crippen molar-refractivity contribution >= 4 is 0 Å². The first-order valence-electron chi connectivity index (χ1n) is 4.83. The van der Waals surface area contributed by atoms with Crippen LogP contribution in [0.5, 0.6) is 0 Å². The molecule has 0 bridgehead atoms. The Bertz CT molecular complexity index is 109. The molecule has 2 unspecified atom stereocenters. The molecule has 0 aromatic rings. The lowest BCUT2D eigenvalue weighted by Gasteiger charge is -2.16. The van der Waals surface area contributed by atoms with Crippen molar-refractivity contribution in [1.29, 1.82) is 0 Å². The van der Waals surface area contributed by atoms with Gasteiger partial charge in [-0.15, -0.1) is 0 Å². The molecule has 0 heterocycles. The van der Waals surface area contributed by atoms with Crippen LogP contribution in [0.3, 0.4) is 0 Å². The maximum Gasteiger partial charge on any atom is 0.0536 e. The maximum atomic E-state index is 8.56. The van der Waals surface area contributed by atoms with Crippen LogP contribution in [0.4, 0.5) is 0 Å². The third-order valence-electron chi connectivity index (χ3n) is 1.54. The highest BCUT2D eigenvalue weighted by Gasteiger charge is 2.13. The molecular weight excluding hydrogens is 184 g/mol. The molecule has 2 atom stereocenters. The fraction of sp³-hybridized carbons (Fsp3) is 1.00. The summed E-state index contributed by atoms with van der Waals surface area (Å²) in [4.78, 5) is 0. The molecule has 4 heteroatoms. The Hall–Kier alpha value is -0.160. The van der Waals surface area contributed by atoms with Crippen molar-refractivity contribution in [2.24, 2.45) is 5.41 Å². The van der Waals surface area contributed by atoms with E-state index >= 15 is 0 Å². The Morgan fingerprint density at radius 3 is 1.21 bits per heavy atom. The van der Waals surface area contributed by atoms with Crippen LogP contribution in [0.15, 0.2) is 0 Å². The highest BCUT2D eigenvalue weighted by atomic mass is 16.3. The first-order chi connectivity index (χ1) is 6.25. The molecule has 0 aliphatic heterocycles. The van der Waals surface area contributed by atoms with Gasteiger partial charge in [-0.1, -0.05) is 13.8 Å². The van der Waals surface area contributed by atoms with E-state index in [1.807, 2.05) is 0 Å². The zero-order valence-electron chi connectivity index (χ0n) is 9.56. The molecule has 4 N–H and O–H groups in total. The van der Waals surface area contributed by atoms with Crippen LogP contribution >= 0.6 is 0 Å². The van der Waals surface area contributed by atoms with E-state index in [1.54, 1.807) is 27.7 Å². The molecule has 0 saturated carbocycles. The van der Waals surface area contributed by atoms with Gasteiger partial charge in [0.2, 0.25) is 0 Å². The normalized spacial score (nSPS) is 15.4. The van der Waals surface area contributed by atoms with Gasteiger partial charge in [0.1, 0.15) is 0 Å². The molecule has 88 valence electrons. The number of aliphatic hydroxyl groups is 4. The molecule has 0 fully saturated rings. The zero-order chi connectivity index (χ0) is 11.8. The van der Waals surface area contributed by atoms with E-state index in [1.165, 1.54) is 0 Å². The SMILES string of the molecule is CC(C)(CO)CO.CC(O)CC(C)O. The number of hydrogen-bond donors (Lipinski definition) is 4. The van der Waals surface area contributed by atoms with E-state index < -0.39 is 0 Å². The summed E-state index contributed by atoms with van der Waals surface area (Å²) in [5.74, 6) is 0. The van der Waals surface area contributed by atoms with Crippen molar-refractivity contribution in [3.05, 3.63) is 0 Å². The van der Waals surface area contributed by atoms with E-state index in [-0.39, 0.29) is 30.8 Å². The van der Waals surface area contributed by atoms with Crippen LogP contribution in [0, 0.1) is 5.41 Å². The van der Waals surface area contributed by atoms with Crippen LogP contribution in [-0.4, -0.2) is 45.8 Å². The zero-order valence-corrected chi connectivity index (χ0v) is 9.56. The lowest BCUT2D eigenvalue weighted by molar-refractivity contribution is 0.0857. The van der Waals surface area contributed by atoms with Gasteiger partial charge in [0.25, 0.3) is 0 Å². The quantitative estimate of drug-likeness (QED) is 0.529. The predicted molar refractivity (Wildman–Crippen MR) is 55.9 cm³/mol. The van der Waals surface area contributed by atoms with Crippen molar-refractivity contribution in [3.63, 3.8) is 0 Å². The molecule has 0 radical (unpaired) electrons. The number of hydrogen-bond acceptors (Lipinski definition) is 4. The first kappa shape index (κ1) is 16.3. The van der Waals surface area contributed by atoms with Gasteiger partial charge < -0.3 is 20.4 Å². The lowest BCUT2D eigenvalue weighted by Crippen LogP contribution is -2.20. The van der Waals surface area contributed by atoms with E-state index in [0.29, 0.717) is 6.42 Å². The summed E-state index contributed by atoms with van der Waals surface area (Å²) in [6.07, 6.45) is -0.278. The van der Waals surface area contributed by atoms with Crippen molar-refractivity contribution < 1.29 is 20.4 Å². The average molecular weight is 208 g/mol. The fourth-order valence-corrected chi connectivity index (χ4v) is 0.544. The molecule has 0 aromatic carbocycles. The highest BCUT2D eigenvalue weighted by Crippen LogP contribution is 2.10. The van der Waals surface area contributed by atoms with E-state index in [2.05, 4.69) is 0 Å². The second-order valence-electron chi connectivity index (χ2n) is 4.41. The molecule has 0 amide bonds. The Labute approximate surface area is 86.2 Å². The Morgan fingerprint density at radius 1 is 0.929 bits per heavy atom. The van der Waals surface area contributed by atoms with Crippen LogP contribution in [0.25, 0.3) is 0 Å². The highest BCUT2D eigenvalue weighted by molar-refractivity contribution is 4.62. The van der Waals surface area contributed by atoms with Crippen LogP contribution < -0.4 is 0 Å². The van der Waals surface area contributed by atoms with E-state index in [0.717, 1.165) is 0 Å². The van der Waals surface area contributed by atoms with Gasteiger partial charge in [0.15, 0.2) is 0 Å². The second kappa shape index (κ2) is 8.17. The Balaban J connectivity index is 0. The van der Waals surface area contributed by atoms with E-state index in [4.69, 9.17) is 20.4 Å². The van der Waals surface area contributed by atoms with Crippen molar-refractivity contribution in [3.8, 4) is 0 Å². The minimum atomic E-state index is -0.375. The summed E-state index contributed by atoms with van der Waals surface area (Å²) in [6, 6.07) is 0. The fourth-order valence-electron chi connectivity index (χ4n) is 0.544. The van der Waals surface area contributed by atoms with Crippen molar-refractivity contribution in [2.75, 3.05) is 13.2 Å². The summed E-state index contributed by atoms with van der Waals surface area (Å²) in [5.41, 5.74) is -0.306. The molecule has 14 heavy (non-hydrogen) atoms. The van der Waals surface area contributed by atoms with Gasteiger partial charge in [-0.25, -0.2) is 0 Å². The van der Waals surface area contributed by atoms with Crippen molar-refractivity contribution in [1.82, 2.24) is 0 Å². The summed E-state index contributed by atoms with van der Waals surface area (Å²) < 4.78 is 0. The molecule has 0 aromatic heterocycles. The minimum absolute atomic E-state index is 0.0451. The largest absolute Gasteiger partial charge is 0.396 e. The van der Waals surface area contributed by atoms with Crippen LogP contribution in [0.2, 0.25) is 0 Å². The van der Waals surface area contributed by atoms with Gasteiger partial charge >= 0.3 is 0 Å². The summed E-state index contributed by atoms with van der Waals surface area (Å²) in [5, 5.41) is 34.0. The molecule has 0 aliphatic carbocycles. The smallest absolute Gasteiger partial charge is 0.0536 e. The standard InChI is InChI=1S/2C5H12O2/c1-5(2,3-6)4-7;1-4(6)3-5(2)7/h6-7H,3-4H2,1-2H3;4-7H,3H2,1-2H3. The summed E-state index contributed by atoms with van der Waals surface area (Å²) in [6.45, 7) is 7.01. The Morgan fingerprint density at radius 2 is 1.21 bits per heavy atom. The lowest BCUT2D eigenvalue weighted by atomic mass is 9.97. The molecule has 0 rings (SSSR count). The monoisotopic (exact) mass is 208 g/mol. The molecule has 0 spiro atoms. The van der Waals surface area contributed by atoms with Gasteiger partial charge in [-0.3, -0.25) is 0 Å². The Kier molecular flexibility index (Phi) is 9.50. The van der Waals surface area contributed by atoms with Gasteiger partial charge in [0, 0.05) is 5.41 Å². The van der Waals surface area contributed by atoms with Gasteiger partial charge in [-0.05, 0) is 20.3 Å². The topological polar surface area (TPSA) is 80.9 Å². The van der Waals surface area contributed by atoms with Crippen LogP contribution in [0.1, 0.15) is 34.1 Å². The second-order valence-corrected chi connectivity index (χ2v) is 4.41. The maximum absolute atomic E-state index is 8.56. The molecule has 4 nitrogen and oxygen atoms in total. The summed E-state index contributed by atoms with van der Waals surface area (Å²) >= 11 is 0. The number of rotatable bonds is 4.